The normalized spacial score (nSPS) is 11.9. The Balaban J connectivity index is 2.03. The second kappa shape index (κ2) is 6.63. The van der Waals surface area contributed by atoms with Crippen LogP contribution in [0.4, 0.5) is 5.82 Å². The molecule has 2 aromatic rings. The predicted octanol–water partition coefficient (Wildman–Crippen LogP) is 3.56. The van der Waals surface area contributed by atoms with E-state index in [4.69, 9.17) is 11.6 Å². The summed E-state index contributed by atoms with van der Waals surface area (Å²) in [5.41, 5.74) is 0. The third-order valence-electron chi connectivity index (χ3n) is 2.54. The lowest BCUT2D eigenvalue weighted by molar-refractivity contribution is -0.115. The summed E-state index contributed by atoms with van der Waals surface area (Å²) in [7, 11) is 0. The number of hydrogen-bond acceptors (Lipinski definition) is 4. The van der Waals surface area contributed by atoms with Crippen LogP contribution >= 0.6 is 23.4 Å². The summed E-state index contributed by atoms with van der Waals surface area (Å²) in [6.07, 6.45) is 1.50. The lowest BCUT2D eigenvalue weighted by Gasteiger charge is -2.12. The average Bonchev–Trinajstić information content (AvgIpc) is 2.43. The van der Waals surface area contributed by atoms with E-state index in [9.17, 15) is 9.90 Å². The van der Waals surface area contributed by atoms with Crippen molar-refractivity contribution in [3.63, 3.8) is 0 Å². The third-order valence-corrected chi connectivity index (χ3v) is 4.16. The first-order chi connectivity index (χ1) is 9.58. The standard InChI is InChI=1S/C14H13ClN2O2S/c1-9(20-12-7-3-2-5-10(12)15)14(19)17-13-11(18)6-4-8-16-13/h2-9,18H,1H3,(H,16,17,19). The van der Waals surface area contributed by atoms with Crippen molar-refractivity contribution in [2.45, 2.75) is 17.1 Å². The molecule has 6 heteroatoms. The van der Waals surface area contributed by atoms with Gasteiger partial charge in [-0.2, -0.15) is 0 Å². The highest BCUT2D eigenvalue weighted by Crippen LogP contribution is 2.30. The molecule has 0 aliphatic rings. The summed E-state index contributed by atoms with van der Waals surface area (Å²) in [6, 6.07) is 10.4. The zero-order chi connectivity index (χ0) is 14.5. The maximum absolute atomic E-state index is 12.1. The van der Waals surface area contributed by atoms with E-state index in [1.165, 1.54) is 24.0 Å². The Morgan fingerprint density at radius 3 is 2.80 bits per heavy atom. The van der Waals surface area contributed by atoms with Crippen molar-refractivity contribution >= 4 is 35.1 Å². The minimum absolute atomic E-state index is 0.0595. The zero-order valence-corrected chi connectivity index (χ0v) is 12.3. The lowest BCUT2D eigenvalue weighted by atomic mass is 10.4. The summed E-state index contributed by atoms with van der Waals surface area (Å²) in [4.78, 5) is 16.8. The molecule has 104 valence electrons. The molecule has 0 aliphatic carbocycles. The van der Waals surface area contributed by atoms with Crippen molar-refractivity contribution in [1.29, 1.82) is 0 Å². The Kier molecular flexibility index (Phi) is 4.87. The zero-order valence-electron chi connectivity index (χ0n) is 10.7. The highest BCUT2D eigenvalue weighted by molar-refractivity contribution is 8.00. The number of anilines is 1. The fourth-order valence-electron chi connectivity index (χ4n) is 1.50. The number of nitrogens with zero attached hydrogens (tertiary/aromatic N) is 1. The van der Waals surface area contributed by atoms with E-state index in [-0.39, 0.29) is 22.7 Å². The molecule has 1 aromatic carbocycles. The molecule has 0 bridgehead atoms. The molecule has 0 fully saturated rings. The van der Waals surface area contributed by atoms with Gasteiger partial charge in [-0.15, -0.1) is 11.8 Å². The van der Waals surface area contributed by atoms with E-state index in [0.717, 1.165) is 4.90 Å². The molecule has 4 nitrogen and oxygen atoms in total. The Bertz CT molecular complexity index is 622. The quantitative estimate of drug-likeness (QED) is 0.848. The Labute approximate surface area is 126 Å². The SMILES string of the molecule is CC(Sc1ccccc1Cl)C(=O)Nc1ncccc1O. The van der Waals surface area contributed by atoms with Crippen LogP contribution in [-0.4, -0.2) is 21.2 Å². The van der Waals surface area contributed by atoms with Gasteiger partial charge in [-0.25, -0.2) is 4.98 Å². The van der Waals surface area contributed by atoms with Crippen LogP contribution in [0.25, 0.3) is 0 Å². The Hall–Kier alpha value is -1.72. The fraction of sp³-hybridized carbons (Fsp3) is 0.143. The van der Waals surface area contributed by atoms with Gasteiger partial charge in [0.1, 0.15) is 0 Å². The van der Waals surface area contributed by atoms with Crippen LogP contribution in [0, 0.1) is 0 Å². The van der Waals surface area contributed by atoms with E-state index in [1.807, 2.05) is 18.2 Å². The number of halogens is 1. The molecule has 1 unspecified atom stereocenters. The van der Waals surface area contributed by atoms with Crippen molar-refractivity contribution in [2.24, 2.45) is 0 Å². The molecule has 0 spiro atoms. The van der Waals surface area contributed by atoms with Crippen molar-refractivity contribution in [1.82, 2.24) is 4.98 Å². The number of rotatable bonds is 4. The number of carbonyl (C=O) groups is 1. The number of aromatic nitrogens is 1. The van der Waals surface area contributed by atoms with Crippen molar-refractivity contribution in [3.8, 4) is 5.75 Å². The van der Waals surface area contributed by atoms with Crippen molar-refractivity contribution < 1.29 is 9.90 Å². The van der Waals surface area contributed by atoms with Gasteiger partial charge in [0, 0.05) is 11.1 Å². The largest absolute Gasteiger partial charge is 0.504 e. The maximum Gasteiger partial charge on any atom is 0.238 e. The van der Waals surface area contributed by atoms with Gasteiger partial charge in [-0.1, -0.05) is 23.7 Å². The molecule has 1 amide bonds. The first-order valence-electron chi connectivity index (χ1n) is 5.94. The number of pyridine rings is 1. The van der Waals surface area contributed by atoms with Crippen LogP contribution in [-0.2, 0) is 4.79 Å². The van der Waals surface area contributed by atoms with Gasteiger partial charge in [-0.3, -0.25) is 4.79 Å². The number of amides is 1. The van der Waals surface area contributed by atoms with Gasteiger partial charge in [0.05, 0.1) is 10.3 Å². The number of aromatic hydroxyl groups is 1. The van der Waals surface area contributed by atoms with Gasteiger partial charge >= 0.3 is 0 Å². The van der Waals surface area contributed by atoms with Crippen LogP contribution < -0.4 is 5.32 Å². The molecule has 1 aromatic heterocycles. The number of thioether (sulfide) groups is 1. The molecule has 1 atom stereocenters. The molecule has 0 radical (unpaired) electrons. The summed E-state index contributed by atoms with van der Waals surface area (Å²) >= 11 is 7.40. The highest BCUT2D eigenvalue weighted by atomic mass is 35.5. The predicted molar refractivity (Wildman–Crippen MR) is 81.3 cm³/mol. The molecule has 2 rings (SSSR count). The molecular weight excluding hydrogens is 296 g/mol. The van der Waals surface area contributed by atoms with E-state index in [0.29, 0.717) is 5.02 Å². The minimum atomic E-state index is -0.365. The number of benzene rings is 1. The van der Waals surface area contributed by atoms with Crippen LogP contribution in [0.3, 0.4) is 0 Å². The molecular formula is C14H13ClN2O2S. The second-order valence-corrected chi connectivity index (χ2v) is 5.84. The first-order valence-corrected chi connectivity index (χ1v) is 7.19. The fourth-order valence-corrected chi connectivity index (χ4v) is 2.65. The lowest BCUT2D eigenvalue weighted by Crippen LogP contribution is -2.23. The average molecular weight is 309 g/mol. The van der Waals surface area contributed by atoms with Crippen LogP contribution in [0.15, 0.2) is 47.5 Å². The molecule has 0 aliphatic heterocycles. The summed E-state index contributed by atoms with van der Waals surface area (Å²) in [6.45, 7) is 1.77. The molecule has 2 N–H and O–H groups in total. The van der Waals surface area contributed by atoms with E-state index < -0.39 is 0 Å². The van der Waals surface area contributed by atoms with Gasteiger partial charge in [0.15, 0.2) is 11.6 Å². The van der Waals surface area contributed by atoms with Crippen molar-refractivity contribution in [3.05, 3.63) is 47.6 Å². The van der Waals surface area contributed by atoms with Gasteiger partial charge in [0.2, 0.25) is 5.91 Å². The molecule has 0 saturated heterocycles. The maximum atomic E-state index is 12.1. The summed E-state index contributed by atoms with van der Waals surface area (Å²) in [5.74, 6) is -0.149. The number of carbonyl (C=O) groups excluding carboxylic acids is 1. The van der Waals surface area contributed by atoms with Gasteiger partial charge in [-0.05, 0) is 31.2 Å². The van der Waals surface area contributed by atoms with Gasteiger partial charge in [0.25, 0.3) is 0 Å². The monoisotopic (exact) mass is 308 g/mol. The summed E-state index contributed by atoms with van der Waals surface area (Å²) in [5, 5.41) is 12.4. The summed E-state index contributed by atoms with van der Waals surface area (Å²) < 4.78 is 0. The van der Waals surface area contributed by atoms with Crippen LogP contribution in [0.1, 0.15) is 6.92 Å². The molecule has 1 heterocycles. The number of hydrogen-bond donors (Lipinski definition) is 2. The highest BCUT2D eigenvalue weighted by Gasteiger charge is 2.17. The molecule has 20 heavy (non-hydrogen) atoms. The van der Waals surface area contributed by atoms with Crippen LogP contribution in [0.2, 0.25) is 5.02 Å². The van der Waals surface area contributed by atoms with Crippen LogP contribution in [0.5, 0.6) is 5.75 Å². The Morgan fingerprint density at radius 1 is 1.35 bits per heavy atom. The molecule has 0 saturated carbocycles. The van der Waals surface area contributed by atoms with Crippen molar-refractivity contribution in [2.75, 3.05) is 5.32 Å². The van der Waals surface area contributed by atoms with E-state index in [2.05, 4.69) is 10.3 Å². The van der Waals surface area contributed by atoms with E-state index in [1.54, 1.807) is 19.1 Å². The topological polar surface area (TPSA) is 62.2 Å². The smallest absolute Gasteiger partial charge is 0.238 e. The van der Waals surface area contributed by atoms with Gasteiger partial charge < -0.3 is 10.4 Å². The Morgan fingerprint density at radius 2 is 2.10 bits per heavy atom. The number of nitrogens with one attached hydrogen (secondary N) is 1. The van der Waals surface area contributed by atoms with E-state index >= 15 is 0 Å². The first kappa shape index (κ1) is 14.7. The minimum Gasteiger partial charge on any atom is -0.504 e. The third kappa shape index (κ3) is 3.65. The second-order valence-electron chi connectivity index (χ2n) is 4.05.